The van der Waals surface area contributed by atoms with Crippen molar-refractivity contribution in [2.24, 2.45) is 0 Å². The molecule has 1 aliphatic heterocycles. The molecule has 110 valence electrons. The van der Waals surface area contributed by atoms with Crippen molar-refractivity contribution in [3.8, 4) is 0 Å². The molecule has 1 amide bonds. The first-order valence-corrected chi connectivity index (χ1v) is 6.23. The van der Waals surface area contributed by atoms with Gasteiger partial charge in [-0.05, 0) is 38.5 Å². The van der Waals surface area contributed by atoms with Crippen LogP contribution in [-0.4, -0.2) is 23.1 Å². The van der Waals surface area contributed by atoms with Crippen LogP contribution in [0.4, 0.5) is 18.0 Å². The fraction of sp³-hybridized carbons (Fsp3) is 0.500. The van der Waals surface area contributed by atoms with Crippen LogP contribution in [0.1, 0.15) is 31.9 Å². The van der Waals surface area contributed by atoms with Gasteiger partial charge >= 0.3 is 6.09 Å². The Labute approximate surface area is 115 Å². The van der Waals surface area contributed by atoms with Gasteiger partial charge in [0, 0.05) is 12.1 Å². The Morgan fingerprint density at radius 1 is 1.35 bits per heavy atom. The van der Waals surface area contributed by atoms with Crippen LogP contribution in [0.25, 0.3) is 0 Å². The molecule has 1 heterocycles. The molecular formula is C14H16F3NO2. The summed E-state index contributed by atoms with van der Waals surface area (Å²) in [6.45, 7) is 4.17. The van der Waals surface area contributed by atoms with Crippen LogP contribution in [0.5, 0.6) is 0 Å². The lowest BCUT2D eigenvalue weighted by molar-refractivity contribution is -0.0593. The third-order valence-corrected chi connectivity index (χ3v) is 2.87. The van der Waals surface area contributed by atoms with Gasteiger partial charge in [-0.2, -0.15) is 8.78 Å². The summed E-state index contributed by atoms with van der Waals surface area (Å²) in [6.07, 6.45) is -0.799. The smallest absolute Gasteiger partial charge is 0.410 e. The zero-order valence-corrected chi connectivity index (χ0v) is 11.5. The van der Waals surface area contributed by atoms with E-state index in [1.807, 2.05) is 0 Å². The van der Waals surface area contributed by atoms with Gasteiger partial charge in [-0.25, -0.2) is 9.18 Å². The molecule has 0 spiro atoms. The molecule has 0 aromatic heterocycles. The van der Waals surface area contributed by atoms with Gasteiger partial charge in [0.2, 0.25) is 0 Å². The minimum atomic E-state index is -3.29. The number of benzene rings is 1. The molecule has 1 aliphatic rings. The molecule has 6 heteroatoms. The standard InChI is InChI=1S/C14H16F3NO2/c1-13(2,3)20-12(19)18-7-9-4-5-10(15)6-11(9)14(16,17)8-18/h4-6H,7-8H2,1-3H3. The van der Waals surface area contributed by atoms with E-state index in [4.69, 9.17) is 4.74 Å². The van der Waals surface area contributed by atoms with Crippen molar-refractivity contribution in [3.05, 3.63) is 35.1 Å². The summed E-state index contributed by atoms with van der Waals surface area (Å²) < 4.78 is 46.2. The van der Waals surface area contributed by atoms with Gasteiger partial charge in [0.25, 0.3) is 5.92 Å². The molecule has 0 radical (unpaired) electrons. The van der Waals surface area contributed by atoms with Crippen LogP contribution in [0, 0.1) is 5.82 Å². The molecular weight excluding hydrogens is 271 g/mol. The minimum absolute atomic E-state index is 0.0138. The number of carbonyl (C=O) groups is 1. The van der Waals surface area contributed by atoms with Gasteiger partial charge in [-0.15, -0.1) is 0 Å². The Bertz CT molecular complexity index is 538. The summed E-state index contributed by atoms with van der Waals surface area (Å²) in [5, 5.41) is 0. The van der Waals surface area contributed by atoms with Gasteiger partial charge in [-0.1, -0.05) is 6.07 Å². The quantitative estimate of drug-likeness (QED) is 0.728. The molecule has 0 fully saturated rings. The largest absolute Gasteiger partial charge is 0.444 e. The van der Waals surface area contributed by atoms with Crippen LogP contribution >= 0.6 is 0 Å². The maximum Gasteiger partial charge on any atom is 0.410 e. The van der Waals surface area contributed by atoms with Crippen LogP contribution < -0.4 is 0 Å². The van der Waals surface area contributed by atoms with E-state index in [1.54, 1.807) is 20.8 Å². The summed E-state index contributed by atoms with van der Waals surface area (Å²) >= 11 is 0. The molecule has 1 aromatic rings. The van der Waals surface area contributed by atoms with E-state index in [0.717, 1.165) is 17.0 Å². The number of hydrogen-bond donors (Lipinski definition) is 0. The van der Waals surface area contributed by atoms with Crippen molar-refractivity contribution in [3.63, 3.8) is 0 Å². The lowest BCUT2D eigenvalue weighted by Crippen LogP contribution is -2.45. The second-order valence-electron chi connectivity index (χ2n) is 5.84. The Balaban J connectivity index is 2.27. The number of carbonyl (C=O) groups excluding carboxylic acids is 1. The highest BCUT2D eigenvalue weighted by molar-refractivity contribution is 5.69. The molecule has 2 rings (SSSR count). The van der Waals surface area contributed by atoms with Crippen molar-refractivity contribution >= 4 is 6.09 Å². The first-order valence-electron chi connectivity index (χ1n) is 6.23. The second kappa shape index (κ2) is 4.68. The van der Waals surface area contributed by atoms with E-state index in [9.17, 15) is 18.0 Å². The lowest BCUT2D eigenvalue weighted by atomic mass is 9.96. The maximum atomic E-state index is 14.0. The molecule has 0 unspecified atom stereocenters. The summed E-state index contributed by atoms with van der Waals surface area (Å²) in [5.74, 6) is -4.00. The minimum Gasteiger partial charge on any atom is -0.444 e. The molecule has 0 bridgehead atoms. The van der Waals surface area contributed by atoms with E-state index >= 15 is 0 Å². The third-order valence-electron chi connectivity index (χ3n) is 2.87. The average molecular weight is 287 g/mol. The fourth-order valence-corrected chi connectivity index (χ4v) is 2.07. The van der Waals surface area contributed by atoms with Gasteiger partial charge in [0.1, 0.15) is 11.4 Å². The van der Waals surface area contributed by atoms with Crippen molar-refractivity contribution < 1.29 is 22.7 Å². The number of fused-ring (bicyclic) bond motifs is 1. The van der Waals surface area contributed by atoms with Gasteiger partial charge in [0.15, 0.2) is 0 Å². The summed E-state index contributed by atoms with van der Waals surface area (Å²) in [7, 11) is 0. The molecule has 0 saturated carbocycles. The summed E-state index contributed by atoms with van der Waals surface area (Å²) in [6, 6.07) is 3.20. The Morgan fingerprint density at radius 3 is 2.60 bits per heavy atom. The summed E-state index contributed by atoms with van der Waals surface area (Å²) in [4.78, 5) is 12.8. The molecule has 1 aromatic carbocycles. The molecule has 0 aliphatic carbocycles. The Morgan fingerprint density at radius 2 is 2.00 bits per heavy atom. The monoisotopic (exact) mass is 287 g/mol. The second-order valence-corrected chi connectivity index (χ2v) is 5.84. The number of rotatable bonds is 0. The normalized spacial score (nSPS) is 17.6. The van der Waals surface area contributed by atoms with E-state index in [0.29, 0.717) is 0 Å². The van der Waals surface area contributed by atoms with Crippen molar-refractivity contribution in [1.29, 1.82) is 0 Å². The number of alkyl halides is 2. The Kier molecular flexibility index (Phi) is 3.44. The maximum absolute atomic E-state index is 14.0. The SMILES string of the molecule is CC(C)(C)OC(=O)N1Cc2ccc(F)cc2C(F)(F)C1. The van der Waals surface area contributed by atoms with E-state index in [2.05, 4.69) is 0 Å². The number of hydrogen-bond acceptors (Lipinski definition) is 2. The number of amides is 1. The Hall–Kier alpha value is -1.72. The molecule has 0 saturated heterocycles. The lowest BCUT2D eigenvalue weighted by Gasteiger charge is -2.35. The van der Waals surface area contributed by atoms with Gasteiger partial charge < -0.3 is 4.74 Å². The highest BCUT2D eigenvalue weighted by Crippen LogP contribution is 2.37. The molecule has 0 N–H and O–H groups in total. The van der Waals surface area contributed by atoms with Crippen LogP contribution in [0.15, 0.2) is 18.2 Å². The first-order chi connectivity index (χ1) is 9.08. The summed E-state index contributed by atoms with van der Waals surface area (Å²) in [5.41, 5.74) is -0.888. The first kappa shape index (κ1) is 14.7. The average Bonchev–Trinajstić information content (AvgIpc) is 2.27. The predicted octanol–water partition coefficient (Wildman–Crippen LogP) is 3.67. The van der Waals surface area contributed by atoms with Crippen LogP contribution in [-0.2, 0) is 17.2 Å². The fourth-order valence-electron chi connectivity index (χ4n) is 2.07. The molecule has 3 nitrogen and oxygen atoms in total. The van der Waals surface area contributed by atoms with Gasteiger partial charge in [0.05, 0.1) is 6.54 Å². The predicted molar refractivity (Wildman–Crippen MR) is 66.9 cm³/mol. The highest BCUT2D eigenvalue weighted by atomic mass is 19.3. The van der Waals surface area contributed by atoms with Crippen LogP contribution in [0.3, 0.4) is 0 Å². The zero-order valence-electron chi connectivity index (χ0n) is 11.5. The van der Waals surface area contributed by atoms with Gasteiger partial charge in [-0.3, -0.25) is 4.90 Å². The topological polar surface area (TPSA) is 29.5 Å². The number of nitrogens with zero attached hydrogens (tertiary/aromatic N) is 1. The van der Waals surface area contributed by atoms with Crippen molar-refractivity contribution in [2.45, 2.75) is 38.8 Å². The van der Waals surface area contributed by atoms with E-state index in [-0.39, 0.29) is 17.7 Å². The van der Waals surface area contributed by atoms with E-state index < -0.39 is 30.0 Å². The number of ether oxygens (including phenoxy) is 1. The zero-order chi connectivity index (χ0) is 15.1. The van der Waals surface area contributed by atoms with Crippen molar-refractivity contribution in [1.82, 2.24) is 4.90 Å². The van der Waals surface area contributed by atoms with Crippen molar-refractivity contribution in [2.75, 3.05) is 6.54 Å². The molecule has 20 heavy (non-hydrogen) atoms. The van der Waals surface area contributed by atoms with E-state index in [1.165, 1.54) is 6.07 Å². The highest BCUT2D eigenvalue weighted by Gasteiger charge is 2.43. The molecule has 0 atom stereocenters. The third kappa shape index (κ3) is 3.05. The van der Waals surface area contributed by atoms with Crippen LogP contribution in [0.2, 0.25) is 0 Å². The number of halogens is 3.